The molecule has 100 valence electrons. The van der Waals surface area contributed by atoms with E-state index in [0.29, 0.717) is 0 Å². The molecule has 0 atom stereocenters. The minimum absolute atomic E-state index is 0.896. The van der Waals surface area contributed by atoms with Gasteiger partial charge >= 0.3 is 0 Å². The Kier molecular flexibility index (Phi) is 4.14. The van der Waals surface area contributed by atoms with E-state index >= 15 is 0 Å². The Morgan fingerprint density at radius 1 is 1.15 bits per heavy atom. The van der Waals surface area contributed by atoms with Gasteiger partial charge in [-0.25, -0.2) is 4.98 Å². The van der Waals surface area contributed by atoms with Crippen LogP contribution in [0.2, 0.25) is 0 Å². The lowest BCUT2D eigenvalue weighted by Crippen LogP contribution is -1.84. The molecule has 0 aliphatic heterocycles. The highest BCUT2D eigenvalue weighted by atomic mass is 32.2. The minimum Gasteiger partial charge on any atom is -0.254 e. The highest BCUT2D eigenvalue weighted by Crippen LogP contribution is 2.27. The molecular weight excluding hydrogens is 284 g/mol. The zero-order chi connectivity index (χ0) is 13.8. The van der Waals surface area contributed by atoms with Gasteiger partial charge in [0, 0.05) is 22.2 Å². The summed E-state index contributed by atoms with van der Waals surface area (Å²) < 4.78 is 0. The second kappa shape index (κ2) is 6.20. The topological polar surface area (TPSA) is 25.8 Å². The Bertz CT molecular complexity index is 692. The fourth-order valence-corrected chi connectivity index (χ4v) is 3.65. The normalized spacial score (nSPS) is 10.7. The van der Waals surface area contributed by atoms with Gasteiger partial charge in [-0.15, -0.1) is 23.1 Å². The standard InChI is InChI=1S/C16H14N2S2/c1-12-5-4-6-14(9-12)19-10-13-11-20-16(18-13)15-7-2-3-8-17-15/h2-9,11H,10H2,1H3. The summed E-state index contributed by atoms with van der Waals surface area (Å²) >= 11 is 3.47. The molecule has 0 spiro atoms. The van der Waals surface area contributed by atoms with Crippen LogP contribution in [-0.2, 0) is 5.75 Å². The van der Waals surface area contributed by atoms with Gasteiger partial charge in [-0.1, -0.05) is 23.8 Å². The number of hydrogen-bond donors (Lipinski definition) is 0. The summed E-state index contributed by atoms with van der Waals surface area (Å²) in [6.07, 6.45) is 1.80. The Hall–Kier alpha value is -1.65. The molecule has 2 nitrogen and oxygen atoms in total. The van der Waals surface area contributed by atoms with E-state index in [9.17, 15) is 0 Å². The third-order valence-electron chi connectivity index (χ3n) is 2.81. The van der Waals surface area contributed by atoms with Crippen LogP contribution < -0.4 is 0 Å². The highest BCUT2D eigenvalue weighted by molar-refractivity contribution is 7.98. The number of benzene rings is 1. The molecule has 2 aromatic heterocycles. The van der Waals surface area contributed by atoms with Crippen molar-refractivity contribution in [3.63, 3.8) is 0 Å². The molecule has 0 N–H and O–H groups in total. The predicted molar refractivity (Wildman–Crippen MR) is 86.1 cm³/mol. The number of aryl methyl sites for hydroxylation is 1. The van der Waals surface area contributed by atoms with Gasteiger partial charge in [0.15, 0.2) is 0 Å². The van der Waals surface area contributed by atoms with Gasteiger partial charge in [0.25, 0.3) is 0 Å². The first kappa shape index (κ1) is 13.3. The number of rotatable bonds is 4. The largest absolute Gasteiger partial charge is 0.254 e. The zero-order valence-corrected chi connectivity index (χ0v) is 12.7. The van der Waals surface area contributed by atoms with Gasteiger partial charge in [-0.2, -0.15) is 0 Å². The van der Waals surface area contributed by atoms with E-state index in [4.69, 9.17) is 0 Å². The predicted octanol–water partition coefficient (Wildman–Crippen LogP) is 4.81. The molecule has 20 heavy (non-hydrogen) atoms. The average Bonchev–Trinajstić information content (AvgIpc) is 2.95. The first-order valence-electron chi connectivity index (χ1n) is 6.36. The molecule has 0 fully saturated rings. The second-order valence-electron chi connectivity index (χ2n) is 4.46. The van der Waals surface area contributed by atoms with Crippen LogP contribution in [-0.4, -0.2) is 9.97 Å². The molecule has 0 radical (unpaired) electrons. The van der Waals surface area contributed by atoms with E-state index in [1.807, 2.05) is 30.0 Å². The van der Waals surface area contributed by atoms with Crippen LogP contribution >= 0.6 is 23.1 Å². The van der Waals surface area contributed by atoms with Crippen LogP contribution in [0, 0.1) is 6.92 Å². The number of thiazole rings is 1. The Balaban J connectivity index is 1.69. The SMILES string of the molecule is Cc1cccc(SCc2csc(-c3ccccn3)n2)c1. The van der Waals surface area contributed by atoms with Crippen molar-refractivity contribution in [2.75, 3.05) is 0 Å². The van der Waals surface area contributed by atoms with E-state index < -0.39 is 0 Å². The molecule has 1 aromatic carbocycles. The highest BCUT2D eigenvalue weighted by Gasteiger charge is 2.06. The fourth-order valence-electron chi connectivity index (χ4n) is 1.84. The van der Waals surface area contributed by atoms with Crippen molar-refractivity contribution in [2.45, 2.75) is 17.6 Å². The molecule has 3 rings (SSSR count). The van der Waals surface area contributed by atoms with E-state index in [-0.39, 0.29) is 0 Å². The maximum atomic E-state index is 4.65. The van der Waals surface area contributed by atoms with E-state index in [1.54, 1.807) is 17.5 Å². The number of thioether (sulfide) groups is 1. The number of aromatic nitrogens is 2. The molecule has 3 aromatic rings. The minimum atomic E-state index is 0.896. The van der Waals surface area contributed by atoms with Crippen LogP contribution in [0.5, 0.6) is 0 Å². The Morgan fingerprint density at radius 2 is 2.10 bits per heavy atom. The molecular formula is C16H14N2S2. The van der Waals surface area contributed by atoms with Gasteiger partial charge in [0.05, 0.1) is 11.4 Å². The molecule has 0 amide bonds. The summed E-state index contributed by atoms with van der Waals surface area (Å²) in [4.78, 5) is 10.3. The number of pyridine rings is 1. The Labute approximate surface area is 126 Å². The molecule has 0 unspecified atom stereocenters. The van der Waals surface area contributed by atoms with Crippen LogP contribution in [0.4, 0.5) is 0 Å². The maximum Gasteiger partial charge on any atom is 0.142 e. The first-order valence-corrected chi connectivity index (χ1v) is 8.23. The van der Waals surface area contributed by atoms with Gasteiger partial charge in [0.2, 0.25) is 0 Å². The second-order valence-corrected chi connectivity index (χ2v) is 6.37. The zero-order valence-electron chi connectivity index (χ0n) is 11.1. The summed E-state index contributed by atoms with van der Waals surface area (Å²) in [5.41, 5.74) is 3.36. The van der Waals surface area contributed by atoms with Crippen molar-refractivity contribution in [1.29, 1.82) is 0 Å². The monoisotopic (exact) mass is 298 g/mol. The van der Waals surface area contributed by atoms with Crippen LogP contribution in [0.3, 0.4) is 0 Å². The third kappa shape index (κ3) is 3.26. The van der Waals surface area contributed by atoms with Crippen molar-refractivity contribution >= 4 is 23.1 Å². The maximum absolute atomic E-state index is 4.65. The molecule has 4 heteroatoms. The van der Waals surface area contributed by atoms with Crippen molar-refractivity contribution < 1.29 is 0 Å². The molecule has 0 aliphatic carbocycles. The quantitative estimate of drug-likeness (QED) is 0.647. The first-order chi connectivity index (χ1) is 9.81. The molecule has 0 saturated carbocycles. The van der Waals surface area contributed by atoms with E-state index in [1.165, 1.54) is 10.5 Å². The smallest absolute Gasteiger partial charge is 0.142 e. The van der Waals surface area contributed by atoms with Crippen molar-refractivity contribution in [1.82, 2.24) is 9.97 Å². The van der Waals surface area contributed by atoms with Gasteiger partial charge < -0.3 is 0 Å². The van der Waals surface area contributed by atoms with Crippen molar-refractivity contribution in [3.05, 3.63) is 65.3 Å². The molecule has 0 bridgehead atoms. The Morgan fingerprint density at radius 3 is 2.90 bits per heavy atom. The van der Waals surface area contributed by atoms with E-state index in [2.05, 4.69) is 46.5 Å². The van der Waals surface area contributed by atoms with Crippen molar-refractivity contribution in [3.8, 4) is 10.7 Å². The number of nitrogens with zero attached hydrogens (tertiary/aromatic N) is 2. The molecule has 2 heterocycles. The lowest BCUT2D eigenvalue weighted by Gasteiger charge is -2.00. The van der Waals surface area contributed by atoms with Crippen molar-refractivity contribution in [2.24, 2.45) is 0 Å². The molecule has 0 aliphatic rings. The van der Waals surface area contributed by atoms with E-state index in [0.717, 1.165) is 22.1 Å². The summed E-state index contributed by atoms with van der Waals surface area (Å²) in [6, 6.07) is 14.5. The summed E-state index contributed by atoms with van der Waals surface area (Å²) in [7, 11) is 0. The third-order valence-corrected chi connectivity index (χ3v) is 4.75. The summed E-state index contributed by atoms with van der Waals surface area (Å²) in [5.74, 6) is 0.896. The number of hydrogen-bond acceptors (Lipinski definition) is 4. The van der Waals surface area contributed by atoms with Gasteiger partial charge in [-0.05, 0) is 31.2 Å². The lowest BCUT2D eigenvalue weighted by atomic mass is 10.2. The summed E-state index contributed by atoms with van der Waals surface area (Å²) in [5, 5.41) is 3.11. The molecule has 0 saturated heterocycles. The fraction of sp³-hybridized carbons (Fsp3) is 0.125. The van der Waals surface area contributed by atoms with Gasteiger partial charge in [-0.3, -0.25) is 4.98 Å². The van der Waals surface area contributed by atoms with Crippen LogP contribution in [0.1, 0.15) is 11.3 Å². The average molecular weight is 298 g/mol. The summed E-state index contributed by atoms with van der Waals surface area (Å²) in [6.45, 7) is 2.12. The lowest BCUT2D eigenvalue weighted by molar-refractivity contribution is 1.21. The van der Waals surface area contributed by atoms with Crippen LogP contribution in [0.25, 0.3) is 10.7 Å². The van der Waals surface area contributed by atoms with Crippen LogP contribution in [0.15, 0.2) is 58.9 Å². The van der Waals surface area contributed by atoms with Gasteiger partial charge in [0.1, 0.15) is 5.01 Å².